The van der Waals surface area contributed by atoms with Gasteiger partial charge >= 0.3 is 0 Å². The van der Waals surface area contributed by atoms with E-state index in [1.807, 2.05) is 13.0 Å². The van der Waals surface area contributed by atoms with Crippen LogP contribution in [0.1, 0.15) is 24.9 Å². The van der Waals surface area contributed by atoms with Crippen LogP contribution >= 0.6 is 0 Å². The maximum atomic E-state index is 11.4. The third-order valence-corrected chi connectivity index (χ3v) is 5.58. The molecule has 1 heterocycles. The molecule has 1 aliphatic rings. The minimum Gasteiger partial charge on any atom is -0.504 e. The van der Waals surface area contributed by atoms with Crippen LogP contribution < -0.4 is 10.1 Å². The van der Waals surface area contributed by atoms with E-state index in [2.05, 4.69) is 5.32 Å². The minimum atomic E-state index is -2.82. The Kier molecular flexibility index (Phi) is 4.55. The zero-order valence-electron chi connectivity index (χ0n) is 11.8. The first-order chi connectivity index (χ1) is 9.41. The van der Waals surface area contributed by atoms with Crippen LogP contribution in [0.3, 0.4) is 0 Å². The molecule has 5 nitrogen and oxygen atoms in total. The second-order valence-electron chi connectivity index (χ2n) is 5.33. The van der Waals surface area contributed by atoms with Crippen molar-refractivity contribution in [1.29, 1.82) is 0 Å². The lowest BCUT2D eigenvalue weighted by atomic mass is 10.1. The first-order valence-corrected chi connectivity index (χ1v) is 8.54. The summed E-state index contributed by atoms with van der Waals surface area (Å²) in [6.45, 7) is 2.69. The average Bonchev–Trinajstić information content (AvgIpc) is 2.76. The third-order valence-electron chi connectivity index (χ3n) is 3.74. The maximum Gasteiger partial charge on any atom is 0.160 e. The minimum absolute atomic E-state index is 0.0767. The molecule has 2 rings (SSSR count). The highest BCUT2D eigenvalue weighted by molar-refractivity contribution is 7.91. The van der Waals surface area contributed by atoms with Crippen LogP contribution in [0.2, 0.25) is 0 Å². The zero-order chi connectivity index (χ0) is 14.8. The number of phenols is 1. The van der Waals surface area contributed by atoms with Crippen LogP contribution in [-0.2, 0) is 9.84 Å². The molecule has 1 aromatic rings. The lowest BCUT2D eigenvalue weighted by Gasteiger charge is -2.17. The number of ether oxygens (including phenoxy) is 1. The van der Waals surface area contributed by atoms with E-state index >= 15 is 0 Å². The first-order valence-electron chi connectivity index (χ1n) is 6.72. The highest BCUT2D eigenvalue weighted by Crippen LogP contribution is 2.29. The fraction of sp³-hybridized carbons (Fsp3) is 0.571. The molecule has 1 fully saturated rings. The molecule has 0 spiro atoms. The normalized spacial score (nSPS) is 22.6. The molecule has 0 bridgehead atoms. The van der Waals surface area contributed by atoms with Crippen molar-refractivity contribution in [2.75, 3.05) is 25.2 Å². The number of phenolic OH excluding ortho intramolecular Hbond substituents is 1. The molecule has 1 aromatic carbocycles. The van der Waals surface area contributed by atoms with E-state index in [-0.39, 0.29) is 23.5 Å². The third kappa shape index (κ3) is 3.64. The van der Waals surface area contributed by atoms with E-state index in [9.17, 15) is 13.5 Å². The van der Waals surface area contributed by atoms with Crippen molar-refractivity contribution in [2.24, 2.45) is 5.92 Å². The molecular weight excluding hydrogens is 278 g/mol. The molecular formula is C14H21NO4S. The lowest BCUT2D eigenvalue weighted by molar-refractivity contribution is 0.372. The van der Waals surface area contributed by atoms with Gasteiger partial charge in [0.05, 0.1) is 18.6 Å². The van der Waals surface area contributed by atoms with E-state index in [1.54, 1.807) is 12.1 Å². The van der Waals surface area contributed by atoms with Gasteiger partial charge in [-0.2, -0.15) is 0 Å². The van der Waals surface area contributed by atoms with Crippen molar-refractivity contribution in [3.05, 3.63) is 23.8 Å². The van der Waals surface area contributed by atoms with Crippen LogP contribution in [0.4, 0.5) is 0 Å². The van der Waals surface area contributed by atoms with Crippen LogP contribution in [0, 0.1) is 5.92 Å². The number of methoxy groups -OCH3 is 1. The Hall–Kier alpha value is -1.27. The Bertz CT molecular complexity index is 571. The zero-order valence-corrected chi connectivity index (χ0v) is 12.6. The van der Waals surface area contributed by atoms with Gasteiger partial charge in [0.15, 0.2) is 21.3 Å². The van der Waals surface area contributed by atoms with E-state index in [4.69, 9.17) is 4.74 Å². The molecule has 6 heteroatoms. The summed E-state index contributed by atoms with van der Waals surface area (Å²) >= 11 is 0. The average molecular weight is 299 g/mol. The molecule has 1 saturated heterocycles. The van der Waals surface area contributed by atoms with Crippen LogP contribution in [0.5, 0.6) is 11.5 Å². The molecule has 0 amide bonds. The molecule has 112 valence electrons. The summed E-state index contributed by atoms with van der Waals surface area (Å²) in [5.74, 6) is 1.35. The molecule has 2 unspecified atom stereocenters. The standard InChI is InChI=1S/C14H21NO4S/c1-10(12-3-4-13(16)14(7-12)19-2)15-8-11-5-6-20(17,18)9-11/h3-4,7,10-11,15-16H,5-6,8-9H2,1-2H3. The van der Waals surface area contributed by atoms with Gasteiger partial charge in [0.25, 0.3) is 0 Å². The summed E-state index contributed by atoms with van der Waals surface area (Å²) in [5, 5.41) is 12.9. The lowest BCUT2D eigenvalue weighted by Crippen LogP contribution is -2.26. The van der Waals surface area contributed by atoms with Gasteiger partial charge in [-0.1, -0.05) is 6.07 Å². The Labute approximate surface area is 119 Å². The fourth-order valence-electron chi connectivity index (χ4n) is 2.46. The number of hydrogen-bond acceptors (Lipinski definition) is 5. The van der Waals surface area contributed by atoms with Gasteiger partial charge in [0, 0.05) is 6.04 Å². The van der Waals surface area contributed by atoms with Gasteiger partial charge in [-0.3, -0.25) is 0 Å². The second kappa shape index (κ2) is 6.01. The second-order valence-corrected chi connectivity index (χ2v) is 7.56. The predicted molar refractivity (Wildman–Crippen MR) is 77.8 cm³/mol. The fourth-order valence-corrected chi connectivity index (χ4v) is 4.32. The topological polar surface area (TPSA) is 75.6 Å². The van der Waals surface area contributed by atoms with Gasteiger partial charge in [-0.25, -0.2) is 8.42 Å². The summed E-state index contributed by atoms with van der Waals surface area (Å²) in [7, 11) is -1.30. The largest absolute Gasteiger partial charge is 0.504 e. The highest BCUT2D eigenvalue weighted by Gasteiger charge is 2.27. The first kappa shape index (κ1) is 15.1. The van der Waals surface area contributed by atoms with Gasteiger partial charge < -0.3 is 15.2 Å². The van der Waals surface area contributed by atoms with Gasteiger partial charge in [0.2, 0.25) is 0 Å². The number of rotatable bonds is 5. The van der Waals surface area contributed by atoms with Crippen molar-refractivity contribution < 1.29 is 18.3 Å². The molecule has 2 N–H and O–H groups in total. The van der Waals surface area contributed by atoms with E-state index in [0.717, 1.165) is 12.0 Å². The smallest absolute Gasteiger partial charge is 0.160 e. The molecule has 0 radical (unpaired) electrons. The predicted octanol–water partition coefficient (Wildman–Crippen LogP) is 1.49. The van der Waals surface area contributed by atoms with Crippen molar-refractivity contribution in [1.82, 2.24) is 5.32 Å². The van der Waals surface area contributed by atoms with Gasteiger partial charge in [0.1, 0.15) is 0 Å². The van der Waals surface area contributed by atoms with Gasteiger partial charge in [-0.15, -0.1) is 0 Å². The number of benzene rings is 1. The van der Waals surface area contributed by atoms with E-state index in [0.29, 0.717) is 18.0 Å². The quantitative estimate of drug-likeness (QED) is 0.861. The van der Waals surface area contributed by atoms with Crippen LogP contribution in [-0.4, -0.2) is 38.7 Å². The number of aromatic hydroxyl groups is 1. The Balaban J connectivity index is 1.93. The molecule has 0 aliphatic carbocycles. The van der Waals surface area contributed by atoms with Crippen molar-refractivity contribution >= 4 is 9.84 Å². The Morgan fingerprint density at radius 2 is 2.25 bits per heavy atom. The monoisotopic (exact) mass is 299 g/mol. The Morgan fingerprint density at radius 1 is 1.50 bits per heavy atom. The summed E-state index contributed by atoms with van der Waals surface area (Å²) in [6, 6.07) is 5.30. The van der Waals surface area contributed by atoms with Crippen molar-refractivity contribution in [3.63, 3.8) is 0 Å². The van der Waals surface area contributed by atoms with Gasteiger partial charge in [-0.05, 0) is 43.5 Å². The van der Waals surface area contributed by atoms with E-state index < -0.39 is 9.84 Å². The molecule has 0 aromatic heterocycles. The van der Waals surface area contributed by atoms with Crippen LogP contribution in [0.25, 0.3) is 0 Å². The number of sulfone groups is 1. The van der Waals surface area contributed by atoms with Crippen molar-refractivity contribution in [3.8, 4) is 11.5 Å². The Morgan fingerprint density at radius 3 is 2.85 bits per heavy atom. The highest BCUT2D eigenvalue weighted by atomic mass is 32.2. The van der Waals surface area contributed by atoms with Crippen molar-refractivity contribution in [2.45, 2.75) is 19.4 Å². The number of nitrogens with one attached hydrogen (secondary N) is 1. The molecule has 2 atom stereocenters. The molecule has 0 saturated carbocycles. The van der Waals surface area contributed by atoms with E-state index in [1.165, 1.54) is 7.11 Å². The summed E-state index contributed by atoms with van der Waals surface area (Å²) in [4.78, 5) is 0. The molecule has 20 heavy (non-hydrogen) atoms. The molecule has 1 aliphatic heterocycles. The maximum absolute atomic E-state index is 11.4. The SMILES string of the molecule is COc1cc(C(C)NCC2CCS(=O)(=O)C2)ccc1O. The summed E-state index contributed by atoms with van der Waals surface area (Å²) in [5.41, 5.74) is 1.00. The van der Waals surface area contributed by atoms with Crippen LogP contribution in [0.15, 0.2) is 18.2 Å². The number of hydrogen-bond donors (Lipinski definition) is 2. The summed E-state index contributed by atoms with van der Waals surface area (Å²) < 4.78 is 27.9. The summed E-state index contributed by atoms with van der Waals surface area (Å²) in [6.07, 6.45) is 0.737.